The molecule has 4 rings (SSSR count). The van der Waals surface area contributed by atoms with Crippen LogP contribution in [-0.2, 0) is 36.0 Å². The molecule has 0 saturated heterocycles. The van der Waals surface area contributed by atoms with Crippen molar-refractivity contribution in [1.82, 2.24) is 14.8 Å². The number of nitrogens with one attached hydrogen (secondary N) is 1. The van der Waals surface area contributed by atoms with E-state index in [9.17, 15) is 9.59 Å². The summed E-state index contributed by atoms with van der Waals surface area (Å²) in [5, 5.41) is 12.6. The van der Waals surface area contributed by atoms with Crippen LogP contribution in [-0.4, -0.2) is 39.0 Å². The van der Waals surface area contributed by atoms with E-state index in [-0.39, 0.29) is 24.2 Å². The first-order valence-corrected chi connectivity index (χ1v) is 14.0. The van der Waals surface area contributed by atoms with Crippen LogP contribution in [0.4, 0.5) is 5.00 Å². The summed E-state index contributed by atoms with van der Waals surface area (Å²) in [6.07, 6.45) is 5.07. The summed E-state index contributed by atoms with van der Waals surface area (Å²) >= 11 is 2.80. The number of ether oxygens (including phenoxy) is 2. The van der Waals surface area contributed by atoms with Crippen LogP contribution >= 0.6 is 23.1 Å². The number of carbonyl (C=O) groups is 2. The Bertz CT molecular complexity index is 1230. The Balaban J connectivity index is 1.39. The van der Waals surface area contributed by atoms with Crippen molar-refractivity contribution in [2.24, 2.45) is 7.05 Å². The van der Waals surface area contributed by atoms with E-state index in [4.69, 9.17) is 9.47 Å². The second kappa shape index (κ2) is 11.9. The van der Waals surface area contributed by atoms with Gasteiger partial charge in [0.2, 0.25) is 5.91 Å². The fourth-order valence-electron chi connectivity index (χ4n) is 4.30. The van der Waals surface area contributed by atoms with Gasteiger partial charge in [-0.25, -0.2) is 4.79 Å². The Kier molecular flexibility index (Phi) is 8.68. The standard InChI is InChI=1S/C26H32N4O4S2/c1-5-33-25(32)23-19-9-7-6-8-10-20(19)36-24(23)27-22(31)15-35-26-29-28-21(30(26)4)14-34-18-12-16(2)11-17(3)13-18/h11-13H,5-10,14-15H2,1-4H3,(H,27,31). The normalized spacial score (nSPS) is 13.1. The molecule has 1 aromatic carbocycles. The number of thiophene rings is 1. The topological polar surface area (TPSA) is 95.3 Å². The summed E-state index contributed by atoms with van der Waals surface area (Å²) in [6, 6.07) is 6.06. The third-order valence-electron chi connectivity index (χ3n) is 5.97. The largest absolute Gasteiger partial charge is 0.486 e. The van der Waals surface area contributed by atoms with Crippen molar-refractivity contribution in [3.63, 3.8) is 0 Å². The zero-order chi connectivity index (χ0) is 25.7. The second-order valence-corrected chi connectivity index (χ2v) is 10.9. The molecule has 0 atom stereocenters. The Morgan fingerprint density at radius 1 is 1.11 bits per heavy atom. The first-order valence-electron chi connectivity index (χ1n) is 12.2. The molecule has 0 spiro atoms. The number of rotatable bonds is 9. The number of esters is 1. The number of fused-ring (bicyclic) bond motifs is 1. The fourth-order valence-corrected chi connectivity index (χ4v) is 6.33. The molecule has 0 fully saturated rings. The van der Waals surface area contributed by atoms with Crippen molar-refractivity contribution in [1.29, 1.82) is 0 Å². The van der Waals surface area contributed by atoms with Crippen LogP contribution in [0.1, 0.15) is 63.9 Å². The first-order chi connectivity index (χ1) is 17.4. The van der Waals surface area contributed by atoms with Crippen molar-refractivity contribution in [2.45, 2.75) is 64.6 Å². The Labute approximate surface area is 219 Å². The van der Waals surface area contributed by atoms with Gasteiger partial charge in [0, 0.05) is 11.9 Å². The van der Waals surface area contributed by atoms with Gasteiger partial charge in [-0.15, -0.1) is 21.5 Å². The summed E-state index contributed by atoms with van der Waals surface area (Å²) in [4.78, 5) is 26.7. The maximum absolute atomic E-state index is 12.8. The molecule has 0 bridgehead atoms. The van der Waals surface area contributed by atoms with Crippen molar-refractivity contribution in [2.75, 3.05) is 17.7 Å². The van der Waals surface area contributed by atoms with E-state index in [0.29, 0.717) is 28.2 Å². The van der Waals surface area contributed by atoms with Gasteiger partial charge >= 0.3 is 5.97 Å². The number of anilines is 1. The number of aryl methyl sites for hydroxylation is 3. The minimum Gasteiger partial charge on any atom is -0.486 e. The van der Waals surface area contributed by atoms with Gasteiger partial charge < -0.3 is 19.4 Å². The molecule has 192 valence electrons. The summed E-state index contributed by atoms with van der Waals surface area (Å²) in [5.74, 6) is 1.05. The van der Waals surface area contributed by atoms with Crippen LogP contribution in [0.5, 0.6) is 5.75 Å². The molecule has 1 amide bonds. The lowest BCUT2D eigenvalue weighted by Gasteiger charge is -2.09. The first kappa shape index (κ1) is 26.2. The number of benzene rings is 1. The molecule has 0 aliphatic heterocycles. The third-order valence-corrected chi connectivity index (χ3v) is 8.20. The van der Waals surface area contributed by atoms with Gasteiger partial charge in [0.05, 0.1) is 17.9 Å². The van der Waals surface area contributed by atoms with Crippen molar-refractivity contribution in [3.8, 4) is 5.75 Å². The summed E-state index contributed by atoms with van der Waals surface area (Å²) < 4.78 is 13.0. The zero-order valence-corrected chi connectivity index (χ0v) is 22.8. The third kappa shape index (κ3) is 6.28. The van der Waals surface area contributed by atoms with E-state index < -0.39 is 0 Å². The zero-order valence-electron chi connectivity index (χ0n) is 21.2. The SMILES string of the molecule is CCOC(=O)c1c(NC(=O)CSc2nnc(COc3cc(C)cc(C)c3)n2C)sc2c1CCCCC2. The van der Waals surface area contributed by atoms with E-state index in [2.05, 4.69) is 21.6 Å². The molecule has 0 saturated carbocycles. The average Bonchev–Trinajstić information content (AvgIpc) is 3.25. The van der Waals surface area contributed by atoms with E-state index in [1.54, 1.807) is 6.92 Å². The molecule has 8 nitrogen and oxygen atoms in total. The molecular formula is C26H32N4O4S2. The van der Waals surface area contributed by atoms with Crippen LogP contribution in [0.15, 0.2) is 23.4 Å². The van der Waals surface area contributed by atoms with Crippen molar-refractivity contribution in [3.05, 3.63) is 51.2 Å². The van der Waals surface area contributed by atoms with Gasteiger partial charge in [0.15, 0.2) is 11.0 Å². The Morgan fingerprint density at radius 2 is 1.86 bits per heavy atom. The molecule has 0 unspecified atom stereocenters. The predicted molar refractivity (Wildman–Crippen MR) is 142 cm³/mol. The summed E-state index contributed by atoms with van der Waals surface area (Å²) in [5.41, 5.74) is 3.85. The lowest BCUT2D eigenvalue weighted by Crippen LogP contribution is -2.17. The second-order valence-electron chi connectivity index (χ2n) is 8.90. The highest BCUT2D eigenvalue weighted by Gasteiger charge is 2.26. The van der Waals surface area contributed by atoms with E-state index in [1.165, 1.54) is 28.0 Å². The molecule has 0 radical (unpaired) electrons. The van der Waals surface area contributed by atoms with Gasteiger partial charge in [0.1, 0.15) is 17.4 Å². The van der Waals surface area contributed by atoms with Gasteiger partial charge in [-0.2, -0.15) is 0 Å². The molecular weight excluding hydrogens is 496 g/mol. The molecule has 1 aliphatic carbocycles. The Hall–Kier alpha value is -2.85. The van der Waals surface area contributed by atoms with Crippen LogP contribution in [0.25, 0.3) is 0 Å². The monoisotopic (exact) mass is 528 g/mol. The quantitative estimate of drug-likeness (QED) is 0.230. The van der Waals surface area contributed by atoms with Gasteiger partial charge in [-0.3, -0.25) is 4.79 Å². The van der Waals surface area contributed by atoms with Crippen LogP contribution < -0.4 is 10.1 Å². The van der Waals surface area contributed by atoms with Crippen LogP contribution in [0, 0.1) is 13.8 Å². The van der Waals surface area contributed by atoms with E-state index in [1.807, 2.05) is 37.6 Å². The van der Waals surface area contributed by atoms with Gasteiger partial charge in [-0.05, 0) is 75.3 Å². The average molecular weight is 529 g/mol. The maximum Gasteiger partial charge on any atom is 0.341 e. The Morgan fingerprint density at radius 3 is 2.61 bits per heavy atom. The molecule has 10 heteroatoms. The van der Waals surface area contributed by atoms with E-state index >= 15 is 0 Å². The smallest absolute Gasteiger partial charge is 0.341 e. The minimum atomic E-state index is -0.360. The predicted octanol–water partition coefficient (Wildman–Crippen LogP) is 5.25. The highest BCUT2D eigenvalue weighted by molar-refractivity contribution is 7.99. The molecule has 2 aromatic heterocycles. The number of amides is 1. The molecule has 1 N–H and O–H groups in total. The molecule has 36 heavy (non-hydrogen) atoms. The van der Waals surface area contributed by atoms with Crippen molar-refractivity contribution >= 4 is 40.0 Å². The van der Waals surface area contributed by atoms with Crippen LogP contribution in [0.3, 0.4) is 0 Å². The van der Waals surface area contributed by atoms with Crippen molar-refractivity contribution < 1.29 is 19.1 Å². The number of thioether (sulfide) groups is 1. The minimum absolute atomic E-state index is 0.148. The van der Waals surface area contributed by atoms with Gasteiger partial charge in [0.25, 0.3) is 0 Å². The number of hydrogen-bond donors (Lipinski definition) is 1. The number of nitrogens with zero attached hydrogens (tertiary/aromatic N) is 3. The molecule has 3 aromatic rings. The number of hydrogen-bond acceptors (Lipinski definition) is 8. The summed E-state index contributed by atoms with van der Waals surface area (Å²) in [7, 11) is 1.86. The summed E-state index contributed by atoms with van der Waals surface area (Å²) in [6.45, 7) is 6.44. The molecule has 1 aliphatic rings. The number of carbonyl (C=O) groups excluding carboxylic acids is 2. The number of aromatic nitrogens is 3. The fraction of sp³-hybridized carbons (Fsp3) is 0.462. The van der Waals surface area contributed by atoms with Crippen LogP contribution in [0.2, 0.25) is 0 Å². The van der Waals surface area contributed by atoms with E-state index in [0.717, 1.165) is 54.5 Å². The highest BCUT2D eigenvalue weighted by atomic mass is 32.2. The lowest BCUT2D eigenvalue weighted by atomic mass is 10.1. The highest BCUT2D eigenvalue weighted by Crippen LogP contribution is 2.38. The van der Waals surface area contributed by atoms with Gasteiger partial charge in [-0.1, -0.05) is 24.2 Å². The molecule has 2 heterocycles. The lowest BCUT2D eigenvalue weighted by molar-refractivity contribution is -0.113. The maximum atomic E-state index is 12.8.